The number of hydrogen-bond donors (Lipinski definition) is 0. The van der Waals surface area contributed by atoms with Crippen LogP contribution in [-0.4, -0.2) is 41.2 Å². The molecular formula is C23H17N5O3. The molecule has 0 aliphatic heterocycles. The molecule has 4 rings (SSSR count). The molecule has 0 amide bonds. The Hall–Kier alpha value is -4.51. The maximum absolute atomic E-state index is 12.0. The van der Waals surface area contributed by atoms with E-state index in [1.165, 1.54) is 20.6 Å². The van der Waals surface area contributed by atoms with E-state index in [9.17, 15) is 4.79 Å². The number of carbonyl (C=O) groups excluding carboxylic acids is 1. The lowest BCUT2D eigenvalue weighted by Crippen LogP contribution is -2.02. The number of aromatic nitrogens is 3. The van der Waals surface area contributed by atoms with E-state index in [0.717, 1.165) is 16.7 Å². The van der Waals surface area contributed by atoms with Crippen molar-refractivity contribution in [3.05, 3.63) is 72.1 Å². The molecule has 8 nitrogen and oxygen atoms in total. The predicted molar refractivity (Wildman–Crippen MR) is 115 cm³/mol. The molecule has 2 aromatic heterocycles. The number of nitrogens with zero attached hydrogens (tertiary/aromatic N) is 5. The minimum atomic E-state index is -0.489. The molecule has 0 saturated heterocycles. The molecule has 31 heavy (non-hydrogen) atoms. The van der Waals surface area contributed by atoms with Gasteiger partial charge in [0.2, 0.25) is 0 Å². The molecule has 0 aliphatic rings. The van der Waals surface area contributed by atoms with Crippen LogP contribution < -0.4 is 0 Å². The molecule has 0 bridgehead atoms. The summed E-state index contributed by atoms with van der Waals surface area (Å²) in [5.74, 6) is -0.489. The van der Waals surface area contributed by atoms with Crippen LogP contribution in [0.2, 0.25) is 0 Å². The zero-order valence-corrected chi connectivity index (χ0v) is 16.8. The number of fused-ring (bicyclic) bond motifs is 1. The third kappa shape index (κ3) is 3.84. The number of aliphatic imine (C=N–C) groups is 1. The van der Waals surface area contributed by atoms with Gasteiger partial charge in [0.1, 0.15) is 0 Å². The molecule has 4 aromatic rings. The highest BCUT2D eigenvalue weighted by Crippen LogP contribution is 2.29. The monoisotopic (exact) mass is 411 g/mol. The number of benzene rings is 2. The van der Waals surface area contributed by atoms with Crippen molar-refractivity contribution in [2.45, 2.75) is 0 Å². The molecular weight excluding hydrogens is 394 g/mol. The van der Waals surface area contributed by atoms with E-state index in [1.807, 2.05) is 24.4 Å². The second kappa shape index (κ2) is 8.47. The summed E-state index contributed by atoms with van der Waals surface area (Å²) in [5, 5.41) is 13.4. The van der Waals surface area contributed by atoms with Crippen molar-refractivity contribution >= 4 is 23.7 Å². The summed E-state index contributed by atoms with van der Waals surface area (Å²) >= 11 is 0. The van der Waals surface area contributed by atoms with Crippen LogP contribution in [0, 0.1) is 11.3 Å². The summed E-state index contributed by atoms with van der Waals surface area (Å²) in [6.07, 6.45) is 4.81. The zero-order chi connectivity index (χ0) is 21.8. The Morgan fingerprint density at radius 2 is 1.90 bits per heavy atom. The highest BCUT2D eigenvalue weighted by atomic mass is 16.5. The van der Waals surface area contributed by atoms with Gasteiger partial charge in [-0.3, -0.25) is 0 Å². The van der Waals surface area contributed by atoms with Gasteiger partial charge in [0, 0.05) is 17.3 Å². The number of esters is 1. The minimum absolute atomic E-state index is 0.322. The molecule has 0 fully saturated rings. The predicted octanol–water partition coefficient (Wildman–Crippen LogP) is 4.03. The Bertz CT molecular complexity index is 1330. The largest absolute Gasteiger partial charge is 0.486 e. The highest BCUT2D eigenvalue weighted by Gasteiger charge is 2.15. The van der Waals surface area contributed by atoms with Gasteiger partial charge in [0.25, 0.3) is 0 Å². The zero-order valence-electron chi connectivity index (χ0n) is 16.8. The summed E-state index contributed by atoms with van der Waals surface area (Å²) in [5.41, 5.74) is 5.20. The van der Waals surface area contributed by atoms with Crippen LogP contribution in [0.15, 0.2) is 65.9 Å². The first-order valence-electron chi connectivity index (χ1n) is 9.27. The first-order chi connectivity index (χ1) is 15.1. The van der Waals surface area contributed by atoms with E-state index in [-0.39, 0.29) is 0 Å². The molecule has 0 unspecified atom stereocenters. The Morgan fingerprint density at radius 3 is 2.61 bits per heavy atom. The normalized spacial score (nSPS) is 10.9. The molecule has 0 aliphatic carbocycles. The quantitative estimate of drug-likeness (QED) is 0.279. The maximum atomic E-state index is 12.0. The van der Waals surface area contributed by atoms with Crippen LogP contribution in [0.1, 0.15) is 15.9 Å². The lowest BCUT2D eigenvalue weighted by atomic mass is 10.1. The highest BCUT2D eigenvalue weighted by molar-refractivity contribution is 5.96. The van der Waals surface area contributed by atoms with E-state index in [1.54, 1.807) is 41.0 Å². The smallest absolute Gasteiger partial charge is 0.340 e. The standard InChI is InChI=1S/C23H17N5O3/c1-30-14-25-21-11-17(7-8-18(21)23(29)31-2)20-9-10-28-22(27-20)19(13-26-28)16-5-3-15(12-24)4-6-16/h3-11,13-14H,1-2H3. The van der Waals surface area contributed by atoms with Crippen LogP contribution in [0.3, 0.4) is 0 Å². The number of hydrogen-bond acceptors (Lipinski definition) is 7. The number of carbonyl (C=O) groups is 1. The van der Waals surface area contributed by atoms with E-state index in [4.69, 9.17) is 19.7 Å². The number of ether oxygens (including phenoxy) is 2. The second-order valence-corrected chi connectivity index (χ2v) is 6.52. The molecule has 2 heterocycles. The van der Waals surface area contributed by atoms with E-state index in [0.29, 0.717) is 28.2 Å². The minimum Gasteiger partial charge on any atom is -0.486 e. The van der Waals surface area contributed by atoms with Crippen molar-refractivity contribution in [2.75, 3.05) is 14.2 Å². The van der Waals surface area contributed by atoms with Gasteiger partial charge in [-0.15, -0.1) is 0 Å². The molecule has 0 radical (unpaired) electrons. The van der Waals surface area contributed by atoms with Crippen molar-refractivity contribution in [3.63, 3.8) is 0 Å². The summed E-state index contributed by atoms with van der Waals surface area (Å²) in [6.45, 7) is 0. The van der Waals surface area contributed by atoms with Crippen LogP contribution in [0.4, 0.5) is 5.69 Å². The van der Waals surface area contributed by atoms with Gasteiger partial charge >= 0.3 is 5.97 Å². The Morgan fingerprint density at radius 1 is 1.13 bits per heavy atom. The summed E-state index contributed by atoms with van der Waals surface area (Å²) in [6, 6.07) is 16.4. The number of methoxy groups -OCH3 is 2. The van der Waals surface area contributed by atoms with Gasteiger partial charge in [-0.05, 0) is 35.9 Å². The third-order valence-electron chi connectivity index (χ3n) is 4.69. The van der Waals surface area contributed by atoms with Crippen LogP contribution in [0.25, 0.3) is 28.0 Å². The van der Waals surface area contributed by atoms with E-state index in [2.05, 4.69) is 16.2 Å². The van der Waals surface area contributed by atoms with Gasteiger partial charge in [-0.25, -0.2) is 19.3 Å². The Labute approximate surface area is 178 Å². The second-order valence-electron chi connectivity index (χ2n) is 6.52. The van der Waals surface area contributed by atoms with Crippen LogP contribution in [-0.2, 0) is 9.47 Å². The van der Waals surface area contributed by atoms with E-state index < -0.39 is 5.97 Å². The molecule has 0 atom stereocenters. The molecule has 0 N–H and O–H groups in total. The van der Waals surface area contributed by atoms with E-state index >= 15 is 0 Å². The summed E-state index contributed by atoms with van der Waals surface area (Å²) < 4.78 is 11.4. The SMILES string of the molecule is COC=Nc1cc(-c2ccn3ncc(-c4ccc(C#N)cc4)c3n2)ccc1C(=O)OC. The molecule has 0 spiro atoms. The number of rotatable bonds is 5. The average molecular weight is 411 g/mol. The topological polar surface area (TPSA) is 102 Å². The molecule has 2 aromatic carbocycles. The lowest BCUT2D eigenvalue weighted by molar-refractivity contribution is 0.0601. The Kier molecular flexibility index (Phi) is 5.41. The van der Waals surface area contributed by atoms with Crippen molar-refractivity contribution < 1.29 is 14.3 Å². The van der Waals surface area contributed by atoms with Crippen molar-refractivity contribution in [3.8, 4) is 28.5 Å². The van der Waals surface area contributed by atoms with Crippen LogP contribution in [0.5, 0.6) is 0 Å². The van der Waals surface area contributed by atoms with Gasteiger partial charge < -0.3 is 9.47 Å². The maximum Gasteiger partial charge on any atom is 0.340 e. The summed E-state index contributed by atoms with van der Waals surface area (Å²) in [7, 11) is 2.80. The third-order valence-corrected chi connectivity index (χ3v) is 4.69. The van der Waals surface area contributed by atoms with Gasteiger partial charge in [0.15, 0.2) is 12.0 Å². The molecule has 8 heteroatoms. The van der Waals surface area contributed by atoms with Crippen molar-refractivity contribution in [1.82, 2.24) is 14.6 Å². The van der Waals surface area contributed by atoms with Crippen LogP contribution >= 0.6 is 0 Å². The summed E-state index contributed by atoms with van der Waals surface area (Å²) in [4.78, 5) is 21.0. The fourth-order valence-electron chi connectivity index (χ4n) is 3.15. The van der Waals surface area contributed by atoms with Gasteiger partial charge in [-0.2, -0.15) is 10.4 Å². The van der Waals surface area contributed by atoms with Gasteiger partial charge in [0.05, 0.1) is 49.0 Å². The molecule has 152 valence electrons. The lowest BCUT2D eigenvalue weighted by Gasteiger charge is -2.08. The molecule has 0 saturated carbocycles. The van der Waals surface area contributed by atoms with Crippen molar-refractivity contribution in [1.29, 1.82) is 5.26 Å². The fraction of sp³-hybridized carbons (Fsp3) is 0.0870. The fourth-order valence-corrected chi connectivity index (χ4v) is 3.15. The Balaban J connectivity index is 1.80. The first-order valence-corrected chi connectivity index (χ1v) is 9.27. The van der Waals surface area contributed by atoms with Gasteiger partial charge in [-0.1, -0.05) is 18.2 Å². The van der Waals surface area contributed by atoms with Crippen molar-refractivity contribution in [2.24, 2.45) is 4.99 Å². The average Bonchev–Trinajstić information content (AvgIpc) is 3.25. The number of nitriles is 1. The first kappa shape index (κ1) is 19.8.